The molecule has 0 spiro atoms. The Kier molecular flexibility index (Phi) is 7.54. The molecule has 0 unspecified atom stereocenters. The van der Waals surface area contributed by atoms with E-state index in [9.17, 15) is 22.8 Å². The Morgan fingerprint density at radius 1 is 1.25 bits per heavy atom. The number of carbonyl (C=O) groups excluding carboxylic acids is 2. The number of nitrogens with zero attached hydrogens (tertiary/aromatic N) is 1. The van der Waals surface area contributed by atoms with Gasteiger partial charge in [-0.1, -0.05) is 30.3 Å². The van der Waals surface area contributed by atoms with Crippen LogP contribution in [0.3, 0.4) is 0 Å². The average molecular weight is 346 g/mol. The monoisotopic (exact) mass is 346 g/mol. The fourth-order valence-corrected chi connectivity index (χ4v) is 1.99. The van der Waals surface area contributed by atoms with Crippen molar-refractivity contribution in [3.63, 3.8) is 0 Å². The van der Waals surface area contributed by atoms with Crippen LogP contribution in [0.2, 0.25) is 0 Å². The SMILES string of the molecule is C[C@H](CCCN(C)C(=O)C(F)(F)F)NC(=O)OCc1ccccc1. The van der Waals surface area contributed by atoms with Crippen molar-refractivity contribution in [3.8, 4) is 0 Å². The van der Waals surface area contributed by atoms with Gasteiger partial charge in [-0.05, 0) is 25.3 Å². The van der Waals surface area contributed by atoms with Gasteiger partial charge in [0.2, 0.25) is 0 Å². The molecule has 134 valence electrons. The van der Waals surface area contributed by atoms with Crippen LogP contribution in [0.25, 0.3) is 0 Å². The van der Waals surface area contributed by atoms with Crippen molar-refractivity contribution < 1.29 is 27.5 Å². The lowest BCUT2D eigenvalue weighted by atomic mass is 10.2. The van der Waals surface area contributed by atoms with E-state index in [4.69, 9.17) is 4.74 Å². The van der Waals surface area contributed by atoms with Crippen molar-refractivity contribution in [1.29, 1.82) is 0 Å². The zero-order valence-corrected chi connectivity index (χ0v) is 13.6. The van der Waals surface area contributed by atoms with Gasteiger partial charge in [-0.3, -0.25) is 4.79 Å². The molecule has 1 aromatic rings. The van der Waals surface area contributed by atoms with E-state index < -0.39 is 18.2 Å². The Balaban J connectivity index is 2.22. The fraction of sp³-hybridized carbons (Fsp3) is 0.500. The summed E-state index contributed by atoms with van der Waals surface area (Å²) in [5, 5.41) is 2.60. The summed E-state index contributed by atoms with van der Waals surface area (Å²) in [6.07, 6.45) is -4.69. The van der Waals surface area contributed by atoms with E-state index in [1.165, 1.54) is 0 Å². The number of amides is 2. The molecule has 0 fully saturated rings. The minimum Gasteiger partial charge on any atom is -0.445 e. The lowest BCUT2D eigenvalue weighted by molar-refractivity contribution is -0.184. The molecule has 0 radical (unpaired) electrons. The highest BCUT2D eigenvalue weighted by molar-refractivity contribution is 5.81. The van der Waals surface area contributed by atoms with E-state index in [1.54, 1.807) is 6.92 Å². The first kappa shape index (κ1) is 19.8. The molecule has 0 aromatic heterocycles. The van der Waals surface area contributed by atoms with Crippen LogP contribution in [0.5, 0.6) is 0 Å². The predicted octanol–water partition coefficient (Wildman–Crippen LogP) is 3.10. The minimum absolute atomic E-state index is 0.0383. The maximum absolute atomic E-state index is 12.2. The first-order valence-electron chi connectivity index (χ1n) is 7.49. The van der Waals surface area contributed by atoms with E-state index in [0.29, 0.717) is 17.7 Å². The van der Waals surface area contributed by atoms with Gasteiger partial charge in [-0.15, -0.1) is 0 Å². The Morgan fingerprint density at radius 3 is 2.46 bits per heavy atom. The Labute approximate surface area is 138 Å². The van der Waals surface area contributed by atoms with Gasteiger partial charge in [0, 0.05) is 19.6 Å². The normalized spacial score (nSPS) is 12.4. The van der Waals surface area contributed by atoms with Gasteiger partial charge < -0.3 is 15.0 Å². The summed E-state index contributed by atoms with van der Waals surface area (Å²) in [7, 11) is 1.10. The number of halogens is 3. The average Bonchev–Trinajstić information content (AvgIpc) is 2.52. The second-order valence-electron chi connectivity index (χ2n) is 5.47. The van der Waals surface area contributed by atoms with Crippen LogP contribution in [0.1, 0.15) is 25.3 Å². The molecule has 1 aromatic carbocycles. The first-order chi connectivity index (χ1) is 11.2. The van der Waals surface area contributed by atoms with Gasteiger partial charge in [0.25, 0.3) is 0 Å². The van der Waals surface area contributed by atoms with Gasteiger partial charge >= 0.3 is 18.2 Å². The third kappa shape index (κ3) is 7.34. The molecule has 0 heterocycles. The summed E-state index contributed by atoms with van der Waals surface area (Å²) >= 11 is 0. The number of ether oxygens (including phenoxy) is 1. The second-order valence-corrected chi connectivity index (χ2v) is 5.47. The van der Waals surface area contributed by atoms with Crippen LogP contribution < -0.4 is 5.32 Å². The minimum atomic E-state index is -4.86. The molecule has 8 heteroatoms. The van der Waals surface area contributed by atoms with Gasteiger partial charge in [0.15, 0.2) is 0 Å². The molecule has 0 saturated heterocycles. The summed E-state index contributed by atoms with van der Waals surface area (Å²) in [4.78, 5) is 23.2. The molecule has 2 amide bonds. The molecule has 1 N–H and O–H groups in total. The van der Waals surface area contributed by atoms with Gasteiger partial charge in [-0.2, -0.15) is 13.2 Å². The zero-order chi connectivity index (χ0) is 18.2. The first-order valence-corrected chi connectivity index (χ1v) is 7.49. The number of benzene rings is 1. The van der Waals surface area contributed by atoms with Crippen molar-refractivity contribution in [1.82, 2.24) is 10.2 Å². The number of alkyl carbamates (subject to hydrolysis) is 1. The van der Waals surface area contributed by atoms with Crippen LogP contribution in [-0.2, 0) is 16.1 Å². The smallest absolute Gasteiger partial charge is 0.445 e. The summed E-state index contributed by atoms with van der Waals surface area (Å²) in [5.74, 6) is -1.87. The van der Waals surface area contributed by atoms with Gasteiger partial charge in [-0.25, -0.2) is 4.79 Å². The highest BCUT2D eigenvalue weighted by Gasteiger charge is 2.40. The van der Waals surface area contributed by atoms with Crippen molar-refractivity contribution in [3.05, 3.63) is 35.9 Å². The maximum atomic E-state index is 12.2. The Morgan fingerprint density at radius 2 is 1.88 bits per heavy atom. The predicted molar refractivity (Wildman–Crippen MR) is 82.2 cm³/mol. The molecule has 24 heavy (non-hydrogen) atoms. The number of hydrogen-bond donors (Lipinski definition) is 1. The Bertz CT molecular complexity index is 535. The number of carbonyl (C=O) groups is 2. The van der Waals surface area contributed by atoms with Crippen LogP contribution in [-0.4, -0.2) is 42.7 Å². The molecular formula is C16H21F3N2O3. The maximum Gasteiger partial charge on any atom is 0.471 e. The molecule has 0 aliphatic rings. The van der Waals surface area contributed by atoms with Crippen LogP contribution in [0.15, 0.2) is 30.3 Å². The molecule has 0 aliphatic carbocycles. The van der Waals surface area contributed by atoms with E-state index in [1.807, 2.05) is 30.3 Å². The summed E-state index contributed by atoms with van der Waals surface area (Å²) in [6, 6.07) is 8.89. The van der Waals surface area contributed by atoms with E-state index >= 15 is 0 Å². The summed E-state index contributed by atoms with van der Waals surface area (Å²) in [6.45, 7) is 1.82. The quantitative estimate of drug-likeness (QED) is 0.825. The molecule has 0 bridgehead atoms. The van der Waals surface area contributed by atoms with Crippen LogP contribution >= 0.6 is 0 Å². The molecular weight excluding hydrogens is 325 g/mol. The largest absolute Gasteiger partial charge is 0.471 e. The zero-order valence-electron chi connectivity index (χ0n) is 13.6. The number of hydrogen-bond acceptors (Lipinski definition) is 3. The molecule has 1 atom stereocenters. The second kappa shape index (κ2) is 9.14. The highest BCUT2D eigenvalue weighted by Crippen LogP contribution is 2.17. The van der Waals surface area contributed by atoms with E-state index in [2.05, 4.69) is 5.32 Å². The molecule has 5 nitrogen and oxygen atoms in total. The van der Waals surface area contributed by atoms with E-state index in [-0.39, 0.29) is 19.2 Å². The Hall–Kier alpha value is -2.25. The van der Waals surface area contributed by atoms with Gasteiger partial charge in [0.1, 0.15) is 6.61 Å². The van der Waals surface area contributed by atoms with Crippen molar-refractivity contribution >= 4 is 12.0 Å². The third-order valence-corrected chi connectivity index (χ3v) is 3.30. The van der Waals surface area contributed by atoms with Crippen molar-refractivity contribution in [2.24, 2.45) is 0 Å². The van der Waals surface area contributed by atoms with Crippen LogP contribution in [0.4, 0.5) is 18.0 Å². The number of alkyl halides is 3. The number of rotatable bonds is 7. The van der Waals surface area contributed by atoms with Gasteiger partial charge in [0.05, 0.1) is 0 Å². The van der Waals surface area contributed by atoms with E-state index in [0.717, 1.165) is 12.6 Å². The summed E-state index contributed by atoms with van der Waals surface area (Å²) < 4.78 is 41.7. The van der Waals surface area contributed by atoms with Crippen LogP contribution in [0, 0.1) is 0 Å². The highest BCUT2D eigenvalue weighted by atomic mass is 19.4. The summed E-state index contributed by atoms with van der Waals surface area (Å²) in [5.41, 5.74) is 0.854. The lowest BCUT2D eigenvalue weighted by Crippen LogP contribution is -2.39. The topological polar surface area (TPSA) is 58.6 Å². The van der Waals surface area contributed by atoms with Crippen molar-refractivity contribution in [2.75, 3.05) is 13.6 Å². The third-order valence-electron chi connectivity index (χ3n) is 3.30. The molecule has 0 saturated carbocycles. The van der Waals surface area contributed by atoms with Crippen molar-refractivity contribution in [2.45, 2.75) is 38.6 Å². The lowest BCUT2D eigenvalue weighted by Gasteiger charge is -2.20. The molecule has 0 aliphatic heterocycles. The fourth-order valence-electron chi connectivity index (χ4n) is 1.99. The number of nitrogens with one attached hydrogen (secondary N) is 1. The molecule has 1 rings (SSSR count). The standard InChI is InChI=1S/C16H21F3N2O3/c1-12(7-6-10-21(2)14(22)16(17,18)19)20-15(23)24-11-13-8-4-3-5-9-13/h3-5,8-9,12H,6-7,10-11H2,1-2H3,(H,20,23)/t12-/m1/s1.